The minimum atomic E-state index is -0.508. The molecule has 1 aliphatic heterocycles. The third-order valence-electron chi connectivity index (χ3n) is 4.33. The Morgan fingerprint density at radius 2 is 2.12 bits per heavy atom. The number of anilines is 1. The van der Waals surface area contributed by atoms with Crippen molar-refractivity contribution in [2.24, 2.45) is 5.92 Å². The molecule has 2 heterocycles. The fraction of sp³-hybridized carbons (Fsp3) is 0.700. The van der Waals surface area contributed by atoms with Gasteiger partial charge < -0.3 is 4.74 Å². The molecule has 2 rings (SSSR count). The number of rotatable bonds is 5. The molecule has 0 bridgehead atoms. The number of hydrogen-bond donors (Lipinski definition) is 0. The van der Waals surface area contributed by atoms with E-state index in [2.05, 4.69) is 29.8 Å². The highest BCUT2D eigenvalue weighted by Gasteiger charge is 2.27. The molecule has 1 aromatic heterocycles. The largest absolute Gasteiger partial charge is 0.443 e. The van der Waals surface area contributed by atoms with Crippen molar-refractivity contribution >= 4 is 11.9 Å². The van der Waals surface area contributed by atoms with Gasteiger partial charge in [0.05, 0.1) is 0 Å². The minimum Gasteiger partial charge on any atom is -0.443 e. The fourth-order valence-corrected chi connectivity index (χ4v) is 3.35. The predicted molar refractivity (Wildman–Crippen MR) is 102 cm³/mol. The summed E-state index contributed by atoms with van der Waals surface area (Å²) in [6.07, 6.45) is 3.98. The second-order valence-electron chi connectivity index (χ2n) is 8.22. The molecule has 25 heavy (non-hydrogen) atoms. The molecule has 0 aromatic carbocycles. The molecule has 1 unspecified atom stereocenters. The zero-order chi connectivity index (χ0) is 18.6. The van der Waals surface area contributed by atoms with Gasteiger partial charge in [-0.05, 0) is 64.6 Å². The number of ether oxygens (including phenoxy) is 1. The first-order chi connectivity index (χ1) is 11.7. The number of carbonyl (C=O) groups excluding carboxylic acids is 1. The average molecular weight is 348 g/mol. The van der Waals surface area contributed by atoms with Crippen LogP contribution in [0.25, 0.3) is 0 Å². The second-order valence-corrected chi connectivity index (χ2v) is 8.22. The molecule has 5 nitrogen and oxygen atoms in total. The first-order valence-electron chi connectivity index (χ1n) is 9.41. The number of amides is 1. The molecule has 1 aliphatic rings. The van der Waals surface area contributed by atoms with Crippen molar-refractivity contribution < 1.29 is 9.53 Å². The highest BCUT2D eigenvalue weighted by Crippen LogP contribution is 2.32. The molecular formula is C20H33N3O2. The Hall–Kier alpha value is -1.62. The van der Waals surface area contributed by atoms with Crippen molar-refractivity contribution in [2.45, 2.75) is 66.0 Å². The quantitative estimate of drug-likeness (QED) is 0.778. The SMILES string of the molecule is CCN(C(=O)OC(C)(C)C)c1ccc(C2CCCN2CC(C)C)cn1. The molecule has 0 saturated carbocycles. The monoisotopic (exact) mass is 347 g/mol. The summed E-state index contributed by atoms with van der Waals surface area (Å²) in [6, 6.07) is 4.49. The van der Waals surface area contributed by atoms with Crippen molar-refractivity contribution in [3.05, 3.63) is 23.9 Å². The molecule has 0 aliphatic carbocycles. The standard InChI is InChI=1S/C20H33N3O2/c1-7-23(19(24)25-20(4,5)6)18-11-10-16(13-21-18)17-9-8-12-22(17)14-15(2)3/h10-11,13,15,17H,7-9,12,14H2,1-6H3. The van der Waals surface area contributed by atoms with Gasteiger partial charge in [-0.15, -0.1) is 0 Å². The van der Waals surface area contributed by atoms with E-state index in [9.17, 15) is 4.79 Å². The van der Waals surface area contributed by atoms with Gasteiger partial charge in [0, 0.05) is 25.3 Å². The van der Waals surface area contributed by atoms with Gasteiger partial charge in [-0.3, -0.25) is 9.80 Å². The van der Waals surface area contributed by atoms with Crippen LogP contribution in [0.1, 0.15) is 66.0 Å². The number of aromatic nitrogens is 1. The van der Waals surface area contributed by atoms with Crippen LogP contribution in [-0.2, 0) is 4.74 Å². The van der Waals surface area contributed by atoms with Crippen LogP contribution in [0.4, 0.5) is 10.6 Å². The number of hydrogen-bond acceptors (Lipinski definition) is 4. The lowest BCUT2D eigenvalue weighted by atomic mass is 10.1. The molecule has 1 amide bonds. The van der Waals surface area contributed by atoms with Crippen LogP contribution in [0.3, 0.4) is 0 Å². The highest BCUT2D eigenvalue weighted by atomic mass is 16.6. The zero-order valence-electron chi connectivity index (χ0n) is 16.6. The number of carbonyl (C=O) groups is 1. The normalized spacial score (nSPS) is 18.6. The van der Waals surface area contributed by atoms with Crippen molar-refractivity contribution in [1.29, 1.82) is 0 Å². The van der Waals surface area contributed by atoms with Gasteiger partial charge in [-0.2, -0.15) is 0 Å². The summed E-state index contributed by atoms with van der Waals surface area (Å²) in [6.45, 7) is 14.9. The molecule has 0 N–H and O–H groups in total. The lowest BCUT2D eigenvalue weighted by molar-refractivity contribution is 0.0581. The van der Waals surface area contributed by atoms with E-state index in [1.54, 1.807) is 4.90 Å². The maximum absolute atomic E-state index is 12.4. The molecule has 1 fully saturated rings. The summed E-state index contributed by atoms with van der Waals surface area (Å²) in [5, 5.41) is 0. The first kappa shape index (κ1) is 19.7. The summed E-state index contributed by atoms with van der Waals surface area (Å²) in [4.78, 5) is 21.0. The molecule has 5 heteroatoms. The van der Waals surface area contributed by atoms with E-state index in [4.69, 9.17) is 4.74 Å². The lowest BCUT2D eigenvalue weighted by Gasteiger charge is -2.28. The van der Waals surface area contributed by atoms with Gasteiger partial charge >= 0.3 is 6.09 Å². The highest BCUT2D eigenvalue weighted by molar-refractivity contribution is 5.86. The summed E-state index contributed by atoms with van der Waals surface area (Å²) in [5.41, 5.74) is 0.730. The van der Waals surface area contributed by atoms with Gasteiger partial charge in [-0.1, -0.05) is 19.9 Å². The Morgan fingerprint density at radius 1 is 1.40 bits per heavy atom. The lowest BCUT2D eigenvalue weighted by Crippen LogP contribution is -2.37. The zero-order valence-corrected chi connectivity index (χ0v) is 16.6. The smallest absolute Gasteiger partial charge is 0.415 e. The molecule has 1 aromatic rings. The Morgan fingerprint density at radius 3 is 2.64 bits per heavy atom. The van der Waals surface area contributed by atoms with E-state index in [0.717, 1.165) is 13.1 Å². The molecule has 1 saturated heterocycles. The Balaban J connectivity index is 2.11. The van der Waals surface area contributed by atoms with E-state index in [0.29, 0.717) is 24.3 Å². The van der Waals surface area contributed by atoms with Gasteiger partial charge in [0.15, 0.2) is 0 Å². The molecule has 140 valence electrons. The predicted octanol–water partition coefficient (Wildman–Crippen LogP) is 4.64. The van der Waals surface area contributed by atoms with E-state index in [1.807, 2.05) is 40.0 Å². The topological polar surface area (TPSA) is 45.7 Å². The summed E-state index contributed by atoms with van der Waals surface area (Å²) >= 11 is 0. The number of likely N-dealkylation sites (tertiary alicyclic amines) is 1. The van der Waals surface area contributed by atoms with E-state index in [1.165, 1.54) is 18.4 Å². The summed E-state index contributed by atoms with van der Waals surface area (Å²) in [7, 11) is 0. The third kappa shape index (κ3) is 5.43. The van der Waals surface area contributed by atoms with Crippen LogP contribution < -0.4 is 4.90 Å². The minimum absolute atomic E-state index is 0.349. The van der Waals surface area contributed by atoms with E-state index < -0.39 is 5.60 Å². The number of pyridine rings is 1. The second kappa shape index (κ2) is 8.17. The molecule has 0 spiro atoms. The van der Waals surface area contributed by atoms with Crippen LogP contribution in [-0.4, -0.2) is 41.2 Å². The van der Waals surface area contributed by atoms with Crippen LogP contribution >= 0.6 is 0 Å². The van der Waals surface area contributed by atoms with E-state index in [-0.39, 0.29) is 6.09 Å². The fourth-order valence-electron chi connectivity index (χ4n) is 3.35. The number of nitrogens with zero attached hydrogens (tertiary/aromatic N) is 3. The Kier molecular flexibility index (Phi) is 6.44. The van der Waals surface area contributed by atoms with Crippen molar-refractivity contribution in [3.8, 4) is 0 Å². The average Bonchev–Trinajstić information content (AvgIpc) is 2.94. The Bertz CT molecular complexity index is 563. The van der Waals surface area contributed by atoms with Gasteiger partial charge in [0.1, 0.15) is 11.4 Å². The molecule has 0 radical (unpaired) electrons. The Labute approximate surface area is 152 Å². The van der Waals surface area contributed by atoms with Gasteiger partial charge in [-0.25, -0.2) is 9.78 Å². The third-order valence-corrected chi connectivity index (χ3v) is 4.33. The van der Waals surface area contributed by atoms with Crippen LogP contribution in [0, 0.1) is 5.92 Å². The van der Waals surface area contributed by atoms with Crippen molar-refractivity contribution in [2.75, 3.05) is 24.5 Å². The van der Waals surface area contributed by atoms with Gasteiger partial charge in [0.2, 0.25) is 0 Å². The summed E-state index contributed by atoms with van der Waals surface area (Å²) < 4.78 is 5.47. The van der Waals surface area contributed by atoms with Crippen molar-refractivity contribution in [1.82, 2.24) is 9.88 Å². The maximum atomic E-state index is 12.4. The van der Waals surface area contributed by atoms with Crippen molar-refractivity contribution in [3.63, 3.8) is 0 Å². The summed E-state index contributed by atoms with van der Waals surface area (Å²) in [5.74, 6) is 1.31. The van der Waals surface area contributed by atoms with Crippen LogP contribution in [0.15, 0.2) is 18.3 Å². The molecule has 1 atom stereocenters. The van der Waals surface area contributed by atoms with Crippen LogP contribution in [0.2, 0.25) is 0 Å². The van der Waals surface area contributed by atoms with Gasteiger partial charge in [0.25, 0.3) is 0 Å². The van der Waals surface area contributed by atoms with E-state index >= 15 is 0 Å². The van der Waals surface area contributed by atoms with Crippen LogP contribution in [0.5, 0.6) is 0 Å². The maximum Gasteiger partial charge on any atom is 0.415 e. The molecular weight excluding hydrogens is 314 g/mol. The first-order valence-corrected chi connectivity index (χ1v) is 9.41.